The van der Waals surface area contributed by atoms with Crippen molar-refractivity contribution in [2.24, 2.45) is 0 Å². The lowest BCUT2D eigenvalue weighted by molar-refractivity contribution is 0.0998. The lowest BCUT2D eigenvalue weighted by Crippen LogP contribution is -2.22. The van der Waals surface area contributed by atoms with Crippen LogP contribution < -0.4 is 10.1 Å². The molecule has 1 aliphatic rings. The molecule has 0 amide bonds. The Balaban J connectivity index is 1.55. The van der Waals surface area contributed by atoms with E-state index in [9.17, 15) is 4.79 Å². The molecule has 0 aromatic heterocycles. The Morgan fingerprint density at radius 3 is 2.77 bits per heavy atom. The SMILES string of the molecule is O=C1/C(=C\NCc2cccc3ccccc23)COc2c(Cl)cc(Cl)cc21. The van der Waals surface area contributed by atoms with Gasteiger partial charge in [0.2, 0.25) is 0 Å². The van der Waals surface area contributed by atoms with Crippen molar-refractivity contribution in [3.63, 3.8) is 0 Å². The molecule has 5 heteroatoms. The topological polar surface area (TPSA) is 38.3 Å². The van der Waals surface area contributed by atoms with E-state index in [0.717, 1.165) is 5.56 Å². The second-order valence-corrected chi connectivity index (χ2v) is 6.91. The predicted octanol–water partition coefficient (Wildman–Crippen LogP) is 5.40. The molecule has 3 aromatic carbocycles. The Kier molecular flexibility index (Phi) is 4.58. The maximum absolute atomic E-state index is 12.7. The maximum Gasteiger partial charge on any atom is 0.197 e. The van der Waals surface area contributed by atoms with E-state index in [4.69, 9.17) is 27.9 Å². The molecule has 1 aliphatic heterocycles. The predicted molar refractivity (Wildman–Crippen MR) is 105 cm³/mol. The Hall–Kier alpha value is -2.49. The molecule has 0 saturated heterocycles. The first-order chi connectivity index (χ1) is 12.6. The molecular formula is C21H15Cl2NO2. The number of carbonyl (C=O) groups excluding carboxylic acids is 1. The van der Waals surface area contributed by atoms with Gasteiger partial charge in [-0.05, 0) is 28.5 Å². The summed E-state index contributed by atoms with van der Waals surface area (Å²) in [6, 6.07) is 17.6. The maximum atomic E-state index is 12.7. The molecule has 0 atom stereocenters. The number of hydrogen-bond acceptors (Lipinski definition) is 3. The number of fused-ring (bicyclic) bond motifs is 2. The van der Waals surface area contributed by atoms with E-state index >= 15 is 0 Å². The fourth-order valence-corrected chi connectivity index (χ4v) is 3.65. The molecule has 0 bridgehead atoms. The third-order valence-electron chi connectivity index (χ3n) is 4.37. The van der Waals surface area contributed by atoms with E-state index in [1.807, 2.05) is 18.2 Å². The van der Waals surface area contributed by atoms with E-state index in [-0.39, 0.29) is 12.4 Å². The number of hydrogen-bond donors (Lipinski definition) is 1. The highest BCUT2D eigenvalue weighted by atomic mass is 35.5. The summed E-state index contributed by atoms with van der Waals surface area (Å²) in [4.78, 5) is 12.7. The summed E-state index contributed by atoms with van der Waals surface area (Å²) in [7, 11) is 0. The summed E-state index contributed by atoms with van der Waals surface area (Å²) in [6.45, 7) is 0.789. The van der Waals surface area contributed by atoms with E-state index < -0.39 is 0 Å². The van der Waals surface area contributed by atoms with Gasteiger partial charge in [-0.2, -0.15) is 0 Å². The lowest BCUT2D eigenvalue weighted by Gasteiger charge is -2.20. The first-order valence-electron chi connectivity index (χ1n) is 8.19. The van der Waals surface area contributed by atoms with Crippen LogP contribution in [0.2, 0.25) is 10.0 Å². The zero-order valence-electron chi connectivity index (χ0n) is 13.8. The average molecular weight is 384 g/mol. The minimum Gasteiger partial charge on any atom is -0.486 e. The molecule has 1 N–H and O–H groups in total. The Labute approximate surface area is 161 Å². The van der Waals surface area contributed by atoms with Gasteiger partial charge in [-0.25, -0.2) is 0 Å². The average Bonchev–Trinajstić information content (AvgIpc) is 2.64. The van der Waals surface area contributed by atoms with Crippen molar-refractivity contribution in [3.8, 4) is 5.75 Å². The van der Waals surface area contributed by atoms with Crippen molar-refractivity contribution in [1.29, 1.82) is 0 Å². The van der Waals surface area contributed by atoms with Crippen molar-refractivity contribution in [2.45, 2.75) is 6.54 Å². The zero-order valence-corrected chi connectivity index (χ0v) is 15.3. The van der Waals surface area contributed by atoms with Gasteiger partial charge in [-0.15, -0.1) is 0 Å². The van der Waals surface area contributed by atoms with Crippen LogP contribution in [0.5, 0.6) is 5.75 Å². The number of rotatable bonds is 3. The van der Waals surface area contributed by atoms with Crippen LogP contribution in [-0.2, 0) is 6.54 Å². The molecule has 3 nitrogen and oxygen atoms in total. The number of nitrogens with one attached hydrogen (secondary N) is 1. The van der Waals surface area contributed by atoms with Gasteiger partial charge in [0.1, 0.15) is 12.4 Å². The minimum absolute atomic E-state index is 0.124. The Morgan fingerprint density at radius 1 is 1.08 bits per heavy atom. The molecule has 3 aromatic rings. The zero-order chi connectivity index (χ0) is 18.1. The number of ketones is 1. The summed E-state index contributed by atoms with van der Waals surface area (Å²) in [5.74, 6) is 0.272. The van der Waals surface area contributed by atoms with Gasteiger partial charge in [0, 0.05) is 17.8 Å². The first kappa shape index (κ1) is 17.0. The third-order valence-corrected chi connectivity index (χ3v) is 4.86. The van der Waals surface area contributed by atoms with Gasteiger partial charge in [0.05, 0.1) is 16.2 Å². The normalized spacial score (nSPS) is 15.0. The number of carbonyl (C=O) groups is 1. The fourth-order valence-electron chi connectivity index (χ4n) is 3.10. The standard InChI is InChI=1S/C21H15Cl2NO2/c22-16-8-18-20(25)15(12-26-21(18)19(23)9-16)11-24-10-14-6-3-5-13-4-1-2-7-17(13)14/h1-9,11,24H,10,12H2/b15-11-. The van der Waals surface area contributed by atoms with Crippen molar-refractivity contribution < 1.29 is 9.53 Å². The van der Waals surface area contributed by atoms with Gasteiger partial charge in [-0.3, -0.25) is 4.79 Å². The molecule has 0 saturated carbocycles. The van der Waals surface area contributed by atoms with E-state index in [2.05, 4.69) is 29.6 Å². The van der Waals surface area contributed by atoms with Crippen LogP contribution in [0.3, 0.4) is 0 Å². The molecule has 26 heavy (non-hydrogen) atoms. The van der Waals surface area contributed by atoms with E-state index in [0.29, 0.717) is 33.5 Å². The molecule has 0 spiro atoms. The summed E-state index contributed by atoms with van der Waals surface area (Å²) < 4.78 is 5.65. The quantitative estimate of drug-likeness (QED) is 0.615. The lowest BCUT2D eigenvalue weighted by atomic mass is 10.0. The van der Waals surface area contributed by atoms with Crippen molar-refractivity contribution in [3.05, 3.63) is 87.5 Å². The molecular weight excluding hydrogens is 369 g/mol. The van der Waals surface area contributed by atoms with E-state index in [1.165, 1.54) is 10.8 Å². The van der Waals surface area contributed by atoms with E-state index in [1.54, 1.807) is 18.3 Å². The summed E-state index contributed by atoms with van der Waals surface area (Å²) in [5.41, 5.74) is 2.10. The highest BCUT2D eigenvalue weighted by Gasteiger charge is 2.26. The fraction of sp³-hybridized carbons (Fsp3) is 0.0952. The van der Waals surface area contributed by atoms with Gasteiger partial charge in [-0.1, -0.05) is 65.7 Å². The minimum atomic E-state index is -0.124. The van der Waals surface area contributed by atoms with Gasteiger partial charge < -0.3 is 10.1 Å². The summed E-state index contributed by atoms with van der Waals surface area (Å²) >= 11 is 12.1. The molecule has 130 valence electrons. The van der Waals surface area contributed by atoms with Crippen LogP contribution in [0, 0.1) is 0 Å². The third kappa shape index (κ3) is 3.16. The Morgan fingerprint density at radius 2 is 1.88 bits per heavy atom. The van der Waals surface area contributed by atoms with Crippen LogP contribution in [-0.4, -0.2) is 12.4 Å². The Bertz CT molecular complexity index is 1040. The summed E-state index contributed by atoms with van der Waals surface area (Å²) in [6.07, 6.45) is 1.71. The van der Waals surface area contributed by atoms with Crippen LogP contribution in [0.1, 0.15) is 15.9 Å². The molecule has 0 radical (unpaired) electrons. The molecule has 1 heterocycles. The highest BCUT2D eigenvalue weighted by molar-refractivity contribution is 6.37. The molecule has 4 rings (SSSR count). The summed E-state index contributed by atoms with van der Waals surface area (Å²) in [5, 5.41) is 6.37. The smallest absolute Gasteiger partial charge is 0.197 e. The van der Waals surface area contributed by atoms with Crippen molar-refractivity contribution in [2.75, 3.05) is 6.61 Å². The van der Waals surface area contributed by atoms with Crippen molar-refractivity contribution >= 4 is 39.8 Å². The second kappa shape index (κ2) is 7.02. The number of benzene rings is 3. The molecule has 0 unspecified atom stereocenters. The monoisotopic (exact) mass is 383 g/mol. The van der Waals surface area contributed by atoms with Gasteiger partial charge in [0.15, 0.2) is 5.78 Å². The first-order valence-corrected chi connectivity index (χ1v) is 8.94. The number of halogens is 2. The number of Topliss-reactive ketones (excluding diaryl/α,β-unsaturated/α-hetero) is 1. The molecule has 0 fully saturated rings. The van der Waals surface area contributed by atoms with Crippen LogP contribution in [0.25, 0.3) is 10.8 Å². The van der Waals surface area contributed by atoms with Crippen LogP contribution in [0.15, 0.2) is 66.4 Å². The van der Waals surface area contributed by atoms with Crippen molar-refractivity contribution in [1.82, 2.24) is 5.32 Å². The second-order valence-electron chi connectivity index (χ2n) is 6.07. The molecule has 0 aliphatic carbocycles. The van der Waals surface area contributed by atoms with Crippen LogP contribution >= 0.6 is 23.2 Å². The number of ether oxygens (including phenoxy) is 1. The van der Waals surface area contributed by atoms with Gasteiger partial charge in [0.25, 0.3) is 0 Å². The van der Waals surface area contributed by atoms with Crippen LogP contribution in [0.4, 0.5) is 0 Å². The largest absolute Gasteiger partial charge is 0.486 e. The highest BCUT2D eigenvalue weighted by Crippen LogP contribution is 2.36. The van der Waals surface area contributed by atoms with Gasteiger partial charge >= 0.3 is 0 Å².